The molecule has 2 aromatic carbocycles. The van der Waals surface area contributed by atoms with Crippen LogP contribution in [0, 0.1) is 0 Å². The van der Waals surface area contributed by atoms with Crippen LogP contribution in [0.3, 0.4) is 0 Å². The number of hydrogen-bond acceptors (Lipinski definition) is 3. The highest BCUT2D eigenvalue weighted by Crippen LogP contribution is 2.37. The Morgan fingerprint density at radius 3 is 2.30 bits per heavy atom. The number of halogens is 1. The van der Waals surface area contributed by atoms with Gasteiger partial charge in [0.05, 0.1) is 17.3 Å². The molecule has 1 aliphatic heterocycles. The van der Waals surface area contributed by atoms with E-state index in [1.54, 1.807) is 0 Å². The molecule has 0 spiro atoms. The van der Waals surface area contributed by atoms with Crippen molar-refractivity contribution in [3.63, 3.8) is 0 Å². The third kappa shape index (κ3) is 3.75. The van der Waals surface area contributed by atoms with E-state index in [1.165, 1.54) is 5.56 Å². The maximum absolute atomic E-state index is 12.7. The van der Waals surface area contributed by atoms with Crippen LogP contribution in [0.2, 0.25) is 5.02 Å². The first-order chi connectivity index (χ1) is 13.1. The van der Waals surface area contributed by atoms with Crippen LogP contribution in [-0.2, 0) is 10.3 Å². The molecule has 0 bridgehead atoms. The van der Waals surface area contributed by atoms with Crippen LogP contribution in [0.4, 0.5) is 5.69 Å². The van der Waals surface area contributed by atoms with Crippen LogP contribution in [0.25, 0.3) is 0 Å². The van der Waals surface area contributed by atoms with Crippen molar-refractivity contribution in [2.75, 3.05) is 24.5 Å². The molecule has 0 radical (unpaired) electrons. The topological polar surface area (TPSA) is 49.6 Å². The van der Waals surface area contributed by atoms with Crippen LogP contribution in [0.15, 0.2) is 54.6 Å². The predicted octanol–water partition coefficient (Wildman–Crippen LogP) is 3.79. The van der Waals surface area contributed by atoms with Crippen molar-refractivity contribution < 1.29 is 4.79 Å². The molecule has 1 saturated heterocycles. The molecule has 4 nitrogen and oxygen atoms in total. The second kappa shape index (κ2) is 7.63. The largest absolute Gasteiger partial charge is 0.321 e. The van der Waals surface area contributed by atoms with E-state index < -0.39 is 0 Å². The molecule has 0 atom stereocenters. The second-order valence-electron chi connectivity index (χ2n) is 7.72. The molecule has 1 aliphatic carbocycles. The smallest absolute Gasteiger partial charge is 0.241 e. The number of para-hydroxylation sites is 1. The van der Waals surface area contributed by atoms with Gasteiger partial charge in [0.2, 0.25) is 5.91 Å². The first-order valence-electron chi connectivity index (χ1n) is 9.70. The Hall–Kier alpha value is -1.88. The van der Waals surface area contributed by atoms with Gasteiger partial charge < -0.3 is 10.6 Å². The Labute approximate surface area is 165 Å². The van der Waals surface area contributed by atoms with Crippen molar-refractivity contribution >= 4 is 23.2 Å². The minimum atomic E-state index is -0.235. The van der Waals surface area contributed by atoms with E-state index in [0.29, 0.717) is 24.2 Å². The Balaban J connectivity index is 1.38. The van der Waals surface area contributed by atoms with Gasteiger partial charge in [-0.1, -0.05) is 54.1 Å². The zero-order chi connectivity index (χ0) is 18.9. The van der Waals surface area contributed by atoms with Gasteiger partial charge in [-0.05, 0) is 43.4 Å². The van der Waals surface area contributed by atoms with Gasteiger partial charge in [-0.25, -0.2) is 0 Å². The third-order valence-electron chi connectivity index (χ3n) is 6.11. The summed E-state index contributed by atoms with van der Waals surface area (Å²) in [6.07, 6.45) is 3.98. The van der Waals surface area contributed by atoms with Crippen molar-refractivity contribution in [3.05, 3.63) is 65.2 Å². The standard InChI is InChI=1S/C22H26ClN3O/c23-19-8-4-5-9-20(19)26-15-14-25(16-21(26)27)18-10-12-22(24,13-11-18)17-6-2-1-3-7-17/h1-9,18H,10-16,24H2. The zero-order valence-corrected chi connectivity index (χ0v) is 16.2. The van der Waals surface area contributed by atoms with Crippen molar-refractivity contribution in [1.82, 2.24) is 4.90 Å². The first-order valence-corrected chi connectivity index (χ1v) is 10.1. The Bertz CT molecular complexity index is 802. The summed E-state index contributed by atoms with van der Waals surface area (Å²) in [5.41, 5.74) is 8.51. The van der Waals surface area contributed by atoms with E-state index in [-0.39, 0.29) is 11.4 Å². The molecule has 27 heavy (non-hydrogen) atoms. The SMILES string of the molecule is NC1(c2ccccc2)CCC(N2CCN(c3ccccc3Cl)C(=O)C2)CC1. The lowest BCUT2D eigenvalue weighted by Crippen LogP contribution is -2.55. The normalized spacial score (nSPS) is 27.0. The summed E-state index contributed by atoms with van der Waals surface area (Å²) in [6.45, 7) is 2.02. The van der Waals surface area contributed by atoms with Crippen molar-refractivity contribution in [1.29, 1.82) is 0 Å². The van der Waals surface area contributed by atoms with E-state index in [1.807, 2.05) is 35.2 Å². The van der Waals surface area contributed by atoms with Gasteiger partial charge in [-0.3, -0.25) is 9.69 Å². The van der Waals surface area contributed by atoms with E-state index >= 15 is 0 Å². The van der Waals surface area contributed by atoms with Crippen LogP contribution < -0.4 is 10.6 Å². The molecule has 4 rings (SSSR count). The van der Waals surface area contributed by atoms with Gasteiger partial charge in [0.15, 0.2) is 0 Å². The van der Waals surface area contributed by atoms with Gasteiger partial charge >= 0.3 is 0 Å². The number of nitrogens with zero attached hydrogens (tertiary/aromatic N) is 2. The van der Waals surface area contributed by atoms with E-state index in [2.05, 4.69) is 29.2 Å². The summed E-state index contributed by atoms with van der Waals surface area (Å²) in [4.78, 5) is 16.9. The number of amides is 1. The number of rotatable bonds is 3. The Kier molecular flexibility index (Phi) is 5.22. The van der Waals surface area contributed by atoms with Gasteiger partial charge in [-0.15, -0.1) is 0 Å². The van der Waals surface area contributed by atoms with E-state index in [9.17, 15) is 4.79 Å². The molecule has 142 valence electrons. The summed E-state index contributed by atoms with van der Waals surface area (Å²) in [5, 5.41) is 0.632. The summed E-state index contributed by atoms with van der Waals surface area (Å²) in [5.74, 6) is 0.127. The van der Waals surface area contributed by atoms with Crippen LogP contribution >= 0.6 is 11.6 Å². The highest BCUT2D eigenvalue weighted by Gasteiger charge is 2.37. The predicted molar refractivity (Wildman–Crippen MR) is 110 cm³/mol. The molecule has 0 aromatic heterocycles. The molecule has 5 heteroatoms. The van der Waals surface area contributed by atoms with Crippen molar-refractivity contribution in [3.8, 4) is 0 Å². The second-order valence-corrected chi connectivity index (χ2v) is 8.13. The molecule has 2 N–H and O–H groups in total. The molecule has 1 heterocycles. The molecular formula is C22H26ClN3O. The number of hydrogen-bond donors (Lipinski definition) is 1. The highest BCUT2D eigenvalue weighted by atomic mass is 35.5. The van der Waals surface area contributed by atoms with Gasteiger partial charge in [0.1, 0.15) is 0 Å². The van der Waals surface area contributed by atoms with Crippen molar-refractivity contribution in [2.45, 2.75) is 37.3 Å². The maximum Gasteiger partial charge on any atom is 0.241 e. The molecular weight excluding hydrogens is 358 g/mol. The van der Waals surface area contributed by atoms with Gasteiger partial charge in [-0.2, -0.15) is 0 Å². The summed E-state index contributed by atoms with van der Waals surface area (Å²) in [6, 6.07) is 18.4. The fourth-order valence-corrected chi connectivity index (χ4v) is 4.71. The Morgan fingerprint density at radius 2 is 1.63 bits per heavy atom. The van der Waals surface area contributed by atoms with Crippen LogP contribution in [0.1, 0.15) is 31.2 Å². The van der Waals surface area contributed by atoms with Gasteiger partial charge in [0, 0.05) is 24.7 Å². The molecule has 1 saturated carbocycles. The molecule has 2 aliphatic rings. The molecule has 2 aromatic rings. The number of carbonyl (C=O) groups excluding carboxylic acids is 1. The Morgan fingerprint density at radius 1 is 0.963 bits per heavy atom. The minimum Gasteiger partial charge on any atom is -0.321 e. The number of piperazine rings is 1. The number of benzene rings is 2. The average Bonchev–Trinajstić information content (AvgIpc) is 2.70. The average molecular weight is 384 g/mol. The van der Waals surface area contributed by atoms with Crippen LogP contribution in [0.5, 0.6) is 0 Å². The number of carbonyl (C=O) groups is 1. The zero-order valence-electron chi connectivity index (χ0n) is 15.5. The quantitative estimate of drug-likeness (QED) is 0.877. The monoisotopic (exact) mass is 383 g/mol. The lowest BCUT2D eigenvalue weighted by atomic mass is 9.75. The third-order valence-corrected chi connectivity index (χ3v) is 6.43. The summed E-state index contributed by atoms with van der Waals surface area (Å²) < 4.78 is 0. The highest BCUT2D eigenvalue weighted by molar-refractivity contribution is 6.33. The lowest BCUT2D eigenvalue weighted by Gasteiger charge is -2.44. The summed E-state index contributed by atoms with van der Waals surface area (Å²) >= 11 is 6.28. The summed E-state index contributed by atoms with van der Waals surface area (Å²) in [7, 11) is 0. The maximum atomic E-state index is 12.7. The van der Waals surface area contributed by atoms with Gasteiger partial charge in [0.25, 0.3) is 0 Å². The lowest BCUT2D eigenvalue weighted by molar-refractivity contribution is -0.122. The molecule has 1 amide bonds. The fraction of sp³-hybridized carbons (Fsp3) is 0.409. The molecule has 0 unspecified atom stereocenters. The minimum absolute atomic E-state index is 0.127. The van der Waals surface area contributed by atoms with Crippen molar-refractivity contribution in [2.24, 2.45) is 5.73 Å². The number of nitrogens with two attached hydrogens (primary N) is 1. The van der Waals surface area contributed by atoms with E-state index in [4.69, 9.17) is 17.3 Å². The first kappa shape index (κ1) is 18.5. The molecule has 2 fully saturated rings. The fourth-order valence-electron chi connectivity index (χ4n) is 4.47. The number of anilines is 1. The van der Waals surface area contributed by atoms with E-state index in [0.717, 1.165) is 37.9 Å². The van der Waals surface area contributed by atoms with Crippen LogP contribution in [-0.4, -0.2) is 36.5 Å².